The Labute approximate surface area is 78.8 Å². The van der Waals surface area contributed by atoms with Crippen molar-refractivity contribution in [3.63, 3.8) is 0 Å². The molecule has 2 nitrogen and oxygen atoms in total. The standard InChI is InChI=1S/C9H13NO.ClH/c1-7-2-4-8(5-3-7)9(11)6-10;/h2-5,9,11H,6,10H2,1H3;1H/t9-;/m1./s1. The molecule has 1 aromatic rings. The molecule has 12 heavy (non-hydrogen) atoms. The van der Waals surface area contributed by atoms with Crippen LogP contribution in [0.2, 0.25) is 0 Å². The third-order valence-corrected chi connectivity index (χ3v) is 1.69. The Balaban J connectivity index is 0.00000121. The summed E-state index contributed by atoms with van der Waals surface area (Å²) in [6.07, 6.45) is -0.518. The quantitative estimate of drug-likeness (QED) is 0.736. The number of benzene rings is 1. The van der Waals surface area contributed by atoms with Gasteiger partial charge in [-0.25, -0.2) is 0 Å². The predicted molar refractivity (Wildman–Crippen MR) is 52.4 cm³/mol. The summed E-state index contributed by atoms with van der Waals surface area (Å²) in [5.41, 5.74) is 7.37. The fraction of sp³-hybridized carbons (Fsp3) is 0.333. The molecule has 0 aliphatic rings. The maximum absolute atomic E-state index is 9.30. The van der Waals surface area contributed by atoms with Gasteiger partial charge in [0.1, 0.15) is 0 Å². The molecule has 0 saturated carbocycles. The highest BCUT2D eigenvalue weighted by atomic mass is 35.5. The van der Waals surface area contributed by atoms with E-state index >= 15 is 0 Å². The third-order valence-electron chi connectivity index (χ3n) is 1.69. The van der Waals surface area contributed by atoms with Crippen molar-refractivity contribution in [2.75, 3.05) is 6.54 Å². The smallest absolute Gasteiger partial charge is 0.0912 e. The first-order chi connectivity index (χ1) is 5.24. The van der Waals surface area contributed by atoms with Crippen molar-refractivity contribution in [3.05, 3.63) is 35.4 Å². The summed E-state index contributed by atoms with van der Waals surface area (Å²) in [5.74, 6) is 0. The molecule has 0 fully saturated rings. The van der Waals surface area contributed by atoms with Crippen molar-refractivity contribution >= 4 is 12.4 Å². The molecule has 0 radical (unpaired) electrons. The van der Waals surface area contributed by atoms with E-state index in [4.69, 9.17) is 5.73 Å². The number of aryl methyl sites for hydroxylation is 1. The lowest BCUT2D eigenvalue weighted by Crippen LogP contribution is -2.11. The van der Waals surface area contributed by atoms with Gasteiger partial charge in [0.15, 0.2) is 0 Å². The Morgan fingerprint density at radius 3 is 2.25 bits per heavy atom. The van der Waals surface area contributed by atoms with Crippen LogP contribution in [0.15, 0.2) is 24.3 Å². The molecular formula is C9H14ClNO. The molecule has 3 heteroatoms. The maximum Gasteiger partial charge on any atom is 0.0912 e. The Kier molecular flexibility index (Phi) is 4.90. The number of aliphatic hydroxyl groups excluding tert-OH is 1. The molecule has 1 aromatic carbocycles. The van der Waals surface area contributed by atoms with Gasteiger partial charge in [-0.3, -0.25) is 0 Å². The number of halogens is 1. The summed E-state index contributed by atoms with van der Waals surface area (Å²) in [7, 11) is 0. The van der Waals surface area contributed by atoms with Crippen LogP contribution in [0.1, 0.15) is 17.2 Å². The van der Waals surface area contributed by atoms with E-state index in [2.05, 4.69) is 0 Å². The summed E-state index contributed by atoms with van der Waals surface area (Å²) >= 11 is 0. The van der Waals surface area contributed by atoms with E-state index < -0.39 is 6.10 Å². The molecule has 0 unspecified atom stereocenters. The van der Waals surface area contributed by atoms with Crippen molar-refractivity contribution in [2.24, 2.45) is 5.73 Å². The highest BCUT2D eigenvalue weighted by molar-refractivity contribution is 5.85. The fourth-order valence-corrected chi connectivity index (χ4v) is 0.925. The van der Waals surface area contributed by atoms with Crippen LogP contribution in [0.4, 0.5) is 0 Å². The summed E-state index contributed by atoms with van der Waals surface area (Å²) in [6.45, 7) is 2.29. The van der Waals surface area contributed by atoms with Gasteiger partial charge in [-0.15, -0.1) is 12.4 Å². The molecule has 0 amide bonds. The van der Waals surface area contributed by atoms with E-state index in [0.717, 1.165) is 5.56 Å². The highest BCUT2D eigenvalue weighted by Gasteiger charge is 2.02. The fourth-order valence-electron chi connectivity index (χ4n) is 0.925. The van der Waals surface area contributed by atoms with Gasteiger partial charge in [0, 0.05) is 6.54 Å². The molecule has 1 rings (SSSR count). The number of rotatable bonds is 2. The Morgan fingerprint density at radius 1 is 1.33 bits per heavy atom. The summed E-state index contributed by atoms with van der Waals surface area (Å²) in [5, 5.41) is 9.30. The van der Waals surface area contributed by atoms with Crippen LogP contribution in [0.5, 0.6) is 0 Å². The second-order valence-electron chi connectivity index (χ2n) is 2.66. The number of aliphatic hydroxyl groups is 1. The molecule has 68 valence electrons. The zero-order valence-corrected chi connectivity index (χ0v) is 7.84. The van der Waals surface area contributed by atoms with Crippen molar-refractivity contribution in [3.8, 4) is 0 Å². The van der Waals surface area contributed by atoms with Crippen LogP contribution < -0.4 is 5.73 Å². The molecule has 0 aromatic heterocycles. The molecule has 0 spiro atoms. The monoisotopic (exact) mass is 187 g/mol. The van der Waals surface area contributed by atoms with Crippen LogP contribution in [0, 0.1) is 6.92 Å². The third kappa shape index (κ3) is 2.81. The first-order valence-corrected chi connectivity index (χ1v) is 3.68. The Morgan fingerprint density at radius 2 is 1.83 bits per heavy atom. The molecule has 0 saturated heterocycles. The first-order valence-electron chi connectivity index (χ1n) is 3.68. The lowest BCUT2D eigenvalue weighted by atomic mass is 10.1. The van der Waals surface area contributed by atoms with Crippen LogP contribution in [-0.4, -0.2) is 11.7 Å². The lowest BCUT2D eigenvalue weighted by molar-refractivity contribution is 0.187. The van der Waals surface area contributed by atoms with Gasteiger partial charge in [-0.2, -0.15) is 0 Å². The lowest BCUT2D eigenvalue weighted by Gasteiger charge is -2.07. The van der Waals surface area contributed by atoms with Gasteiger partial charge in [-0.05, 0) is 12.5 Å². The minimum Gasteiger partial charge on any atom is -0.387 e. The van der Waals surface area contributed by atoms with E-state index in [0.29, 0.717) is 0 Å². The maximum atomic E-state index is 9.30. The number of hydrogen-bond donors (Lipinski definition) is 2. The second kappa shape index (κ2) is 5.14. The molecule has 1 atom stereocenters. The van der Waals surface area contributed by atoms with E-state index in [1.807, 2.05) is 31.2 Å². The Hall–Kier alpha value is -0.570. The van der Waals surface area contributed by atoms with Crippen LogP contribution in [0.25, 0.3) is 0 Å². The normalized spacial score (nSPS) is 11.9. The topological polar surface area (TPSA) is 46.2 Å². The minimum absolute atomic E-state index is 0. The van der Waals surface area contributed by atoms with Gasteiger partial charge in [-0.1, -0.05) is 29.8 Å². The van der Waals surface area contributed by atoms with E-state index in [1.165, 1.54) is 5.56 Å². The predicted octanol–water partition coefficient (Wildman–Crippen LogP) is 1.41. The van der Waals surface area contributed by atoms with Gasteiger partial charge < -0.3 is 10.8 Å². The molecular weight excluding hydrogens is 174 g/mol. The highest BCUT2D eigenvalue weighted by Crippen LogP contribution is 2.11. The summed E-state index contributed by atoms with van der Waals surface area (Å²) in [4.78, 5) is 0. The van der Waals surface area contributed by atoms with Crippen LogP contribution >= 0.6 is 12.4 Å². The zero-order chi connectivity index (χ0) is 8.27. The summed E-state index contributed by atoms with van der Waals surface area (Å²) < 4.78 is 0. The SMILES string of the molecule is Cc1ccc([C@H](O)CN)cc1.Cl. The van der Waals surface area contributed by atoms with Crippen LogP contribution in [-0.2, 0) is 0 Å². The van der Waals surface area contributed by atoms with Crippen molar-refractivity contribution in [1.82, 2.24) is 0 Å². The van der Waals surface area contributed by atoms with E-state index in [9.17, 15) is 5.11 Å². The second-order valence-corrected chi connectivity index (χ2v) is 2.66. The molecule has 0 heterocycles. The average molecular weight is 188 g/mol. The average Bonchev–Trinajstić information content (AvgIpc) is 2.05. The van der Waals surface area contributed by atoms with Crippen molar-refractivity contribution in [2.45, 2.75) is 13.0 Å². The van der Waals surface area contributed by atoms with Gasteiger partial charge in [0.2, 0.25) is 0 Å². The minimum atomic E-state index is -0.518. The van der Waals surface area contributed by atoms with Gasteiger partial charge >= 0.3 is 0 Å². The zero-order valence-electron chi connectivity index (χ0n) is 7.03. The van der Waals surface area contributed by atoms with Crippen molar-refractivity contribution in [1.29, 1.82) is 0 Å². The van der Waals surface area contributed by atoms with E-state index in [-0.39, 0.29) is 19.0 Å². The molecule has 0 aliphatic carbocycles. The van der Waals surface area contributed by atoms with Gasteiger partial charge in [0.25, 0.3) is 0 Å². The summed E-state index contributed by atoms with van der Waals surface area (Å²) in [6, 6.07) is 7.72. The molecule has 3 N–H and O–H groups in total. The van der Waals surface area contributed by atoms with Gasteiger partial charge in [0.05, 0.1) is 6.10 Å². The largest absolute Gasteiger partial charge is 0.387 e. The molecule has 0 aliphatic heterocycles. The van der Waals surface area contributed by atoms with E-state index in [1.54, 1.807) is 0 Å². The molecule has 0 bridgehead atoms. The van der Waals surface area contributed by atoms with Crippen molar-refractivity contribution < 1.29 is 5.11 Å². The number of hydrogen-bond acceptors (Lipinski definition) is 2. The Bertz CT molecular complexity index is 222. The van der Waals surface area contributed by atoms with Crippen LogP contribution in [0.3, 0.4) is 0 Å². The first kappa shape index (κ1) is 11.4. The number of nitrogens with two attached hydrogens (primary N) is 1.